The van der Waals surface area contributed by atoms with Crippen LogP contribution in [-0.2, 0) is 4.79 Å². The first kappa shape index (κ1) is 11.4. The van der Waals surface area contributed by atoms with Gasteiger partial charge in [-0.15, -0.1) is 0 Å². The molecule has 2 N–H and O–H groups in total. The van der Waals surface area contributed by atoms with Crippen LogP contribution in [0.1, 0.15) is 12.8 Å². The van der Waals surface area contributed by atoms with Crippen molar-refractivity contribution in [1.29, 1.82) is 0 Å². The smallest absolute Gasteiger partial charge is 0.238 e. The van der Waals surface area contributed by atoms with Crippen LogP contribution in [0.25, 0.3) is 0 Å². The van der Waals surface area contributed by atoms with Crippen molar-refractivity contribution in [3.05, 3.63) is 29.0 Å². The number of carbonyl (C=O) groups excluding carboxylic acids is 1. The molecule has 0 saturated heterocycles. The molecule has 0 bridgehead atoms. The van der Waals surface area contributed by atoms with E-state index < -0.39 is 5.82 Å². The van der Waals surface area contributed by atoms with Gasteiger partial charge >= 0.3 is 0 Å². The highest BCUT2D eigenvalue weighted by Gasteiger charge is 2.21. The lowest BCUT2D eigenvalue weighted by atomic mass is 10.3. The summed E-state index contributed by atoms with van der Waals surface area (Å²) in [4.78, 5) is 11.4. The number of nitrogens with one attached hydrogen (secondary N) is 2. The molecule has 1 fully saturated rings. The van der Waals surface area contributed by atoms with Crippen LogP contribution in [-0.4, -0.2) is 18.5 Å². The zero-order valence-electron chi connectivity index (χ0n) is 8.59. The number of carbonyl (C=O) groups is 1. The van der Waals surface area contributed by atoms with Crippen LogP contribution < -0.4 is 10.6 Å². The summed E-state index contributed by atoms with van der Waals surface area (Å²) >= 11 is 5.60. The van der Waals surface area contributed by atoms with Gasteiger partial charge in [0.2, 0.25) is 5.91 Å². The molecule has 0 heterocycles. The highest BCUT2D eigenvalue weighted by atomic mass is 35.5. The fourth-order valence-electron chi connectivity index (χ4n) is 1.31. The fourth-order valence-corrected chi connectivity index (χ4v) is 1.47. The summed E-state index contributed by atoms with van der Waals surface area (Å²) in [5.41, 5.74) is 0.159. The summed E-state index contributed by atoms with van der Waals surface area (Å²) < 4.78 is 13.3. The topological polar surface area (TPSA) is 41.1 Å². The standard InChI is InChI=1S/C11H12ClFN2O/c12-7-1-4-10(9(13)5-7)15-11(16)6-14-8-2-3-8/h1,4-5,8,14H,2-3,6H2,(H,15,16). The Bertz CT molecular complexity index is 407. The molecule has 86 valence electrons. The summed E-state index contributed by atoms with van der Waals surface area (Å²) in [5, 5.41) is 5.84. The zero-order valence-corrected chi connectivity index (χ0v) is 9.35. The maximum absolute atomic E-state index is 13.3. The van der Waals surface area contributed by atoms with Crippen molar-refractivity contribution in [2.45, 2.75) is 18.9 Å². The van der Waals surface area contributed by atoms with E-state index in [-0.39, 0.29) is 18.1 Å². The van der Waals surface area contributed by atoms with Crippen LogP contribution in [0.2, 0.25) is 5.02 Å². The third-order valence-electron chi connectivity index (χ3n) is 2.33. The minimum Gasteiger partial charge on any atom is -0.322 e. The molecule has 3 nitrogen and oxygen atoms in total. The van der Waals surface area contributed by atoms with Gasteiger partial charge in [-0.25, -0.2) is 4.39 Å². The van der Waals surface area contributed by atoms with Crippen molar-refractivity contribution in [3.63, 3.8) is 0 Å². The SMILES string of the molecule is O=C(CNC1CC1)Nc1ccc(Cl)cc1F. The molecule has 16 heavy (non-hydrogen) atoms. The van der Waals surface area contributed by atoms with Gasteiger partial charge in [0.25, 0.3) is 0 Å². The zero-order chi connectivity index (χ0) is 11.5. The van der Waals surface area contributed by atoms with E-state index in [1.165, 1.54) is 18.2 Å². The molecule has 5 heteroatoms. The number of halogens is 2. The molecular weight excluding hydrogens is 231 g/mol. The molecule has 0 unspecified atom stereocenters. The van der Waals surface area contributed by atoms with Crippen molar-refractivity contribution >= 4 is 23.2 Å². The van der Waals surface area contributed by atoms with E-state index in [9.17, 15) is 9.18 Å². The number of benzene rings is 1. The van der Waals surface area contributed by atoms with Crippen molar-refractivity contribution in [1.82, 2.24) is 5.32 Å². The van der Waals surface area contributed by atoms with Crippen LogP contribution in [0, 0.1) is 5.82 Å². The predicted octanol–water partition coefficient (Wildman–Crippen LogP) is 2.17. The predicted molar refractivity (Wildman–Crippen MR) is 61.1 cm³/mol. The average Bonchev–Trinajstić information content (AvgIpc) is 3.03. The van der Waals surface area contributed by atoms with Gasteiger partial charge in [0.15, 0.2) is 0 Å². The molecule has 0 aromatic heterocycles. The van der Waals surface area contributed by atoms with Gasteiger partial charge in [0, 0.05) is 11.1 Å². The van der Waals surface area contributed by atoms with Crippen LogP contribution >= 0.6 is 11.6 Å². The quantitative estimate of drug-likeness (QED) is 0.850. The third-order valence-corrected chi connectivity index (χ3v) is 2.57. The lowest BCUT2D eigenvalue weighted by Crippen LogP contribution is -2.29. The van der Waals surface area contributed by atoms with E-state index in [1.54, 1.807) is 0 Å². The Morgan fingerprint density at radius 1 is 1.50 bits per heavy atom. The molecule has 1 aliphatic carbocycles. The Kier molecular flexibility index (Phi) is 3.41. The van der Waals surface area contributed by atoms with Gasteiger partial charge in [-0.05, 0) is 31.0 Å². The first-order chi connectivity index (χ1) is 7.65. The molecule has 0 radical (unpaired) electrons. The van der Waals surface area contributed by atoms with E-state index in [0.717, 1.165) is 12.8 Å². The largest absolute Gasteiger partial charge is 0.322 e. The van der Waals surface area contributed by atoms with E-state index in [0.29, 0.717) is 11.1 Å². The number of hydrogen-bond acceptors (Lipinski definition) is 2. The fraction of sp³-hybridized carbons (Fsp3) is 0.364. The minimum atomic E-state index is -0.521. The van der Waals surface area contributed by atoms with Crippen LogP contribution in [0.3, 0.4) is 0 Å². The van der Waals surface area contributed by atoms with Crippen LogP contribution in [0.5, 0.6) is 0 Å². The Labute approximate surface area is 98.0 Å². The van der Waals surface area contributed by atoms with Gasteiger partial charge in [0.1, 0.15) is 5.82 Å². The summed E-state index contributed by atoms with van der Waals surface area (Å²) in [5.74, 6) is -0.764. The molecule has 1 aromatic carbocycles. The van der Waals surface area contributed by atoms with Gasteiger partial charge in [0.05, 0.1) is 12.2 Å². The lowest BCUT2D eigenvalue weighted by Gasteiger charge is -2.07. The van der Waals surface area contributed by atoms with E-state index in [2.05, 4.69) is 10.6 Å². The Morgan fingerprint density at radius 3 is 2.88 bits per heavy atom. The Balaban J connectivity index is 1.89. The maximum atomic E-state index is 13.3. The van der Waals surface area contributed by atoms with Crippen molar-refractivity contribution in [2.75, 3.05) is 11.9 Å². The molecule has 1 aromatic rings. The highest BCUT2D eigenvalue weighted by Crippen LogP contribution is 2.19. The molecule has 1 aliphatic rings. The first-order valence-electron chi connectivity index (χ1n) is 5.13. The minimum absolute atomic E-state index is 0.159. The highest BCUT2D eigenvalue weighted by molar-refractivity contribution is 6.30. The second kappa shape index (κ2) is 4.80. The van der Waals surface area contributed by atoms with Gasteiger partial charge < -0.3 is 10.6 Å². The van der Waals surface area contributed by atoms with E-state index in [1.807, 2.05) is 0 Å². The average molecular weight is 243 g/mol. The van der Waals surface area contributed by atoms with Crippen molar-refractivity contribution in [2.24, 2.45) is 0 Å². The normalized spacial score (nSPS) is 14.9. The molecular formula is C11H12ClFN2O. The van der Waals surface area contributed by atoms with E-state index in [4.69, 9.17) is 11.6 Å². The van der Waals surface area contributed by atoms with Crippen molar-refractivity contribution in [3.8, 4) is 0 Å². The molecule has 0 spiro atoms. The van der Waals surface area contributed by atoms with Gasteiger partial charge in [-0.1, -0.05) is 11.6 Å². The summed E-state index contributed by atoms with van der Waals surface area (Å²) in [6.45, 7) is 0.215. The Morgan fingerprint density at radius 2 is 2.25 bits per heavy atom. The van der Waals surface area contributed by atoms with Crippen molar-refractivity contribution < 1.29 is 9.18 Å². The summed E-state index contributed by atoms with van der Waals surface area (Å²) in [7, 11) is 0. The molecule has 1 amide bonds. The Hall–Kier alpha value is -1.13. The second-order valence-corrected chi connectivity index (χ2v) is 4.26. The van der Waals surface area contributed by atoms with Gasteiger partial charge in [-0.2, -0.15) is 0 Å². The summed E-state index contributed by atoms with van der Waals surface area (Å²) in [6.07, 6.45) is 2.23. The number of hydrogen-bond donors (Lipinski definition) is 2. The molecule has 0 atom stereocenters. The molecule has 1 saturated carbocycles. The molecule has 0 aliphatic heterocycles. The molecule has 2 rings (SSSR count). The van der Waals surface area contributed by atoms with E-state index >= 15 is 0 Å². The van der Waals surface area contributed by atoms with Crippen LogP contribution in [0.4, 0.5) is 10.1 Å². The lowest BCUT2D eigenvalue weighted by molar-refractivity contribution is -0.115. The second-order valence-electron chi connectivity index (χ2n) is 3.83. The third kappa shape index (κ3) is 3.18. The number of anilines is 1. The first-order valence-corrected chi connectivity index (χ1v) is 5.51. The monoisotopic (exact) mass is 242 g/mol. The number of rotatable bonds is 4. The maximum Gasteiger partial charge on any atom is 0.238 e. The van der Waals surface area contributed by atoms with Gasteiger partial charge in [-0.3, -0.25) is 4.79 Å². The van der Waals surface area contributed by atoms with Crippen LogP contribution in [0.15, 0.2) is 18.2 Å². The number of amides is 1. The summed E-state index contributed by atoms with van der Waals surface area (Å²) in [6, 6.07) is 4.62.